The second kappa shape index (κ2) is 20.8. The smallest absolute Gasteiger partial charge is 0.0540 e. The molecule has 0 aromatic heterocycles. The van der Waals surface area contributed by atoms with Crippen molar-refractivity contribution in [2.24, 2.45) is 0 Å². The summed E-state index contributed by atoms with van der Waals surface area (Å²) < 4.78 is 0. The monoisotopic (exact) mass is 974 g/mol. The largest absolute Gasteiger partial charge is 0.310 e. The van der Waals surface area contributed by atoms with Gasteiger partial charge in [-0.2, -0.15) is 0 Å². The Morgan fingerprint density at radius 2 is 0.421 bits per heavy atom. The van der Waals surface area contributed by atoms with E-state index in [1.165, 1.54) is 88.0 Å². The van der Waals surface area contributed by atoms with E-state index in [9.17, 15) is 0 Å². The Balaban J connectivity index is 0.928. The third-order valence-electron chi connectivity index (χ3n) is 14.8. The molecule has 0 atom stereocenters. The zero-order valence-corrected chi connectivity index (χ0v) is 43.5. The molecule has 0 amide bonds. The van der Waals surface area contributed by atoms with E-state index in [-0.39, 0.29) is 0 Å². The average molecular weight is 975 g/mol. The van der Waals surface area contributed by atoms with Gasteiger partial charge in [-0.1, -0.05) is 241 Å². The predicted octanol–water partition coefficient (Wildman–Crippen LogP) is 21.0. The van der Waals surface area contributed by atoms with Crippen LogP contribution in [-0.2, 0) is 0 Å². The zero-order valence-electron chi connectivity index (χ0n) is 43.5. The van der Waals surface area contributed by atoms with E-state index >= 15 is 0 Å². The summed E-state index contributed by atoms with van der Waals surface area (Å²) in [6, 6.07) is 93.5. The molecule has 0 unspecified atom stereocenters. The van der Waals surface area contributed by atoms with E-state index in [0.717, 1.165) is 45.3 Å². The summed E-state index contributed by atoms with van der Waals surface area (Å²) in [5, 5.41) is 7.21. The molecule has 0 fully saturated rings. The van der Waals surface area contributed by atoms with E-state index in [2.05, 4.69) is 317 Å². The van der Waals surface area contributed by atoms with Crippen molar-refractivity contribution in [3.05, 3.63) is 299 Å². The van der Waals surface area contributed by atoms with Crippen molar-refractivity contribution >= 4 is 90.7 Å². The Morgan fingerprint density at radius 3 is 0.711 bits per heavy atom. The van der Waals surface area contributed by atoms with Crippen molar-refractivity contribution in [1.29, 1.82) is 0 Å². The van der Waals surface area contributed by atoms with Crippen LogP contribution in [0.15, 0.2) is 255 Å². The highest BCUT2D eigenvalue weighted by Gasteiger charge is 2.21. The Hall–Kier alpha value is -9.50. The Bertz CT molecular complexity index is 3820. The first-order valence-corrected chi connectivity index (χ1v) is 26.3. The molecule has 0 aliphatic rings. The second-order valence-electron chi connectivity index (χ2n) is 20.1. The summed E-state index contributed by atoms with van der Waals surface area (Å²) >= 11 is 0. The molecule has 2 heteroatoms. The number of fused-ring (bicyclic) bond motifs is 3. The second-order valence-corrected chi connectivity index (χ2v) is 20.1. The van der Waals surface area contributed by atoms with E-state index in [4.69, 9.17) is 0 Å². The first kappa shape index (κ1) is 47.5. The quantitative estimate of drug-likeness (QED) is 0.113. The van der Waals surface area contributed by atoms with Crippen molar-refractivity contribution in [1.82, 2.24) is 0 Å². The van der Waals surface area contributed by atoms with Gasteiger partial charge in [-0.3, -0.25) is 0 Å². The first-order valence-electron chi connectivity index (χ1n) is 26.3. The molecule has 0 heterocycles. The van der Waals surface area contributed by atoms with Crippen molar-refractivity contribution < 1.29 is 0 Å². The number of hydrogen-bond acceptors (Lipinski definition) is 2. The van der Waals surface area contributed by atoms with E-state index in [1.54, 1.807) is 0 Å². The summed E-state index contributed by atoms with van der Waals surface area (Å²) in [5.74, 6) is 0. The van der Waals surface area contributed by atoms with Gasteiger partial charge in [0.2, 0.25) is 0 Å². The van der Waals surface area contributed by atoms with Gasteiger partial charge in [0.05, 0.1) is 11.4 Å². The highest BCUT2D eigenvalue weighted by atomic mass is 15.1. The number of benzene rings is 12. The van der Waals surface area contributed by atoms with Crippen LogP contribution in [0.3, 0.4) is 0 Å². The van der Waals surface area contributed by atoms with Gasteiger partial charge >= 0.3 is 0 Å². The van der Waals surface area contributed by atoms with Crippen LogP contribution < -0.4 is 9.80 Å². The predicted molar refractivity (Wildman–Crippen MR) is 329 cm³/mol. The molecule has 364 valence electrons. The molecule has 0 spiro atoms. The van der Waals surface area contributed by atoms with Crippen LogP contribution in [0.1, 0.15) is 44.5 Å². The molecule has 0 saturated heterocycles. The third-order valence-corrected chi connectivity index (χ3v) is 14.8. The molecular formula is C74H58N2. The summed E-state index contributed by atoms with van der Waals surface area (Å²) in [4.78, 5) is 4.80. The molecule has 0 radical (unpaired) electrons. The average Bonchev–Trinajstić information content (AvgIpc) is 3.54. The Morgan fingerprint density at radius 1 is 0.211 bits per heavy atom. The molecule has 0 bridgehead atoms. The fourth-order valence-electron chi connectivity index (χ4n) is 10.6. The van der Waals surface area contributed by atoms with Crippen molar-refractivity contribution in [3.63, 3.8) is 0 Å². The number of hydrogen-bond donors (Lipinski definition) is 0. The SMILES string of the molecule is Cc1ccc(C=Cc2ccc(N(c3ccc(C)cc3)c3ccc(-c4ccc(-c5ccc(N(c6ccc(C)cc6)c6ccc(C=Cc7ccc(C)cc7)cc6)c6ccccc56)c5ccccc45)c4ccccc34)cc2)cc1. The fraction of sp³-hybridized carbons (Fsp3) is 0.0541. The van der Waals surface area contributed by atoms with E-state index in [0.29, 0.717) is 0 Å². The lowest BCUT2D eigenvalue weighted by Crippen LogP contribution is -2.10. The van der Waals surface area contributed by atoms with Crippen molar-refractivity contribution in [3.8, 4) is 22.3 Å². The molecule has 12 aromatic carbocycles. The highest BCUT2D eigenvalue weighted by molar-refractivity contribution is 6.15. The number of anilines is 6. The molecule has 0 aliphatic heterocycles. The molecule has 0 N–H and O–H groups in total. The zero-order chi connectivity index (χ0) is 51.5. The van der Waals surface area contributed by atoms with E-state index < -0.39 is 0 Å². The fourth-order valence-corrected chi connectivity index (χ4v) is 10.6. The molecule has 12 aromatic rings. The van der Waals surface area contributed by atoms with Gasteiger partial charge in [0.15, 0.2) is 0 Å². The van der Waals surface area contributed by atoms with E-state index in [1.807, 2.05) is 0 Å². The van der Waals surface area contributed by atoms with Crippen LogP contribution in [0.5, 0.6) is 0 Å². The third kappa shape index (κ3) is 9.61. The maximum absolute atomic E-state index is 2.40. The first-order chi connectivity index (χ1) is 37.3. The highest BCUT2D eigenvalue weighted by Crippen LogP contribution is 2.47. The molecule has 0 aliphatic carbocycles. The standard InChI is InChI=1S/C74H58N2/c1-51-17-25-55(26-18-51)29-31-57-33-41-61(42-34-57)75(59-37-21-53(3)22-38-59)73-49-47-69(65-13-7-9-15-71(65)73)67-45-46-68(64-12-6-5-11-63(64)67)70-48-50-74(72-16-10-8-14-66(70)72)76(60-39-23-54(4)24-40-60)62-43-35-58(36-44-62)32-30-56-27-19-52(2)20-28-56/h5-50H,1-4H3. The van der Waals surface area contributed by atoms with Crippen LogP contribution in [0.25, 0.3) is 78.9 Å². The topological polar surface area (TPSA) is 6.48 Å². The number of nitrogens with zero attached hydrogens (tertiary/aromatic N) is 2. The summed E-state index contributed by atoms with van der Waals surface area (Å²) in [5.41, 5.74) is 21.2. The van der Waals surface area contributed by atoms with Crippen LogP contribution in [0.2, 0.25) is 0 Å². The molecule has 2 nitrogen and oxygen atoms in total. The molecule has 12 rings (SSSR count). The van der Waals surface area contributed by atoms with Crippen LogP contribution >= 0.6 is 0 Å². The lowest BCUT2D eigenvalue weighted by atomic mass is 9.88. The van der Waals surface area contributed by atoms with Crippen LogP contribution in [0, 0.1) is 27.7 Å². The van der Waals surface area contributed by atoms with Gasteiger partial charge in [-0.05, 0) is 154 Å². The maximum Gasteiger partial charge on any atom is 0.0540 e. The number of rotatable bonds is 12. The van der Waals surface area contributed by atoms with Crippen molar-refractivity contribution in [2.75, 3.05) is 9.80 Å². The molecule has 0 saturated carbocycles. The van der Waals surface area contributed by atoms with Gasteiger partial charge in [-0.15, -0.1) is 0 Å². The lowest BCUT2D eigenvalue weighted by Gasteiger charge is -2.28. The van der Waals surface area contributed by atoms with Gasteiger partial charge in [0.25, 0.3) is 0 Å². The molecule has 76 heavy (non-hydrogen) atoms. The van der Waals surface area contributed by atoms with Gasteiger partial charge in [-0.25, -0.2) is 0 Å². The summed E-state index contributed by atoms with van der Waals surface area (Å²) in [6.45, 7) is 8.54. The Labute approximate surface area is 447 Å². The van der Waals surface area contributed by atoms with Gasteiger partial charge in [0.1, 0.15) is 0 Å². The summed E-state index contributed by atoms with van der Waals surface area (Å²) in [6.07, 6.45) is 8.74. The maximum atomic E-state index is 2.40. The number of aryl methyl sites for hydroxylation is 4. The minimum atomic E-state index is 1.10. The van der Waals surface area contributed by atoms with Gasteiger partial charge < -0.3 is 9.80 Å². The van der Waals surface area contributed by atoms with Crippen LogP contribution in [-0.4, -0.2) is 0 Å². The Kier molecular flexibility index (Phi) is 13.0. The normalized spacial score (nSPS) is 11.6. The van der Waals surface area contributed by atoms with Crippen LogP contribution in [0.4, 0.5) is 34.1 Å². The van der Waals surface area contributed by atoms with Gasteiger partial charge in [0, 0.05) is 33.5 Å². The van der Waals surface area contributed by atoms with Crippen molar-refractivity contribution in [2.45, 2.75) is 27.7 Å². The summed E-state index contributed by atoms with van der Waals surface area (Å²) in [7, 11) is 0. The minimum Gasteiger partial charge on any atom is -0.310 e. The minimum absolute atomic E-state index is 1.10. The lowest BCUT2D eigenvalue weighted by molar-refractivity contribution is 1.29. The molecular weight excluding hydrogens is 917 g/mol.